The van der Waals surface area contributed by atoms with Gasteiger partial charge in [-0.3, -0.25) is 0 Å². The lowest BCUT2D eigenvalue weighted by Gasteiger charge is -2.07. The Kier molecular flexibility index (Phi) is 3.92. The SMILES string of the molecule is CC(c1noc(-c2cc(F)cc(F)c2)n1)c1ncnn1-c1ncccn1. The maximum Gasteiger partial charge on any atom is 0.258 e. The van der Waals surface area contributed by atoms with Crippen molar-refractivity contribution in [2.45, 2.75) is 12.8 Å². The molecule has 1 unspecified atom stereocenters. The van der Waals surface area contributed by atoms with Crippen molar-refractivity contribution in [3.05, 3.63) is 66.3 Å². The zero-order valence-corrected chi connectivity index (χ0v) is 13.4. The van der Waals surface area contributed by atoms with E-state index in [0.717, 1.165) is 18.2 Å². The standard InChI is InChI=1S/C16H11F2N7O/c1-9(14-21-8-22-25(14)16-19-3-2-4-20-16)13-23-15(26-24-13)10-5-11(17)7-12(18)6-10/h2-9H,1H3. The van der Waals surface area contributed by atoms with Gasteiger partial charge in [0.05, 0.1) is 5.92 Å². The lowest BCUT2D eigenvalue weighted by molar-refractivity contribution is 0.418. The topological polar surface area (TPSA) is 95.4 Å². The third kappa shape index (κ3) is 2.92. The van der Waals surface area contributed by atoms with Crippen molar-refractivity contribution in [1.29, 1.82) is 0 Å². The highest BCUT2D eigenvalue weighted by Gasteiger charge is 2.23. The van der Waals surface area contributed by atoms with Gasteiger partial charge < -0.3 is 4.52 Å². The first-order chi connectivity index (χ1) is 12.6. The van der Waals surface area contributed by atoms with E-state index in [4.69, 9.17) is 4.52 Å². The van der Waals surface area contributed by atoms with Crippen LogP contribution in [0.15, 0.2) is 47.5 Å². The number of rotatable bonds is 4. The summed E-state index contributed by atoms with van der Waals surface area (Å²) in [7, 11) is 0. The minimum Gasteiger partial charge on any atom is -0.334 e. The molecular weight excluding hydrogens is 344 g/mol. The summed E-state index contributed by atoms with van der Waals surface area (Å²) in [5, 5.41) is 8.01. The Morgan fingerprint density at radius 2 is 1.77 bits per heavy atom. The van der Waals surface area contributed by atoms with E-state index in [1.165, 1.54) is 11.0 Å². The largest absolute Gasteiger partial charge is 0.334 e. The number of nitrogens with zero attached hydrogens (tertiary/aromatic N) is 7. The second-order valence-electron chi connectivity index (χ2n) is 5.42. The summed E-state index contributed by atoms with van der Waals surface area (Å²) < 4.78 is 33.4. The lowest BCUT2D eigenvalue weighted by Crippen LogP contribution is -2.11. The van der Waals surface area contributed by atoms with Crippen molar-refractivity contribution in [2.24, 2.45) is 0 Å². The van der Waals surface area contributed by atoms with E-state index in [9.17, 15) is 8.78 Å². The van der Waals surface area contributed by atoms with Crippen LogP contribution in [0.3, 0.4) is 0 Å². The van der Waals surface area contributed by atoms with Gasteiger partial charge in [0, 0.05) is 24.0 Å². The van der Waals surface area contributed by atoms with E-state index in [1.807, 2.05) is 0 Å². The summed E-state index contributed by atoms with van der Waals surface area (Å²) in [6.45, 7) is 1.80. The minimum atomic E-state index is -0.728. The number of benzene rings is 1. The van der Waals surface area contributed by atoms with Crippen molar-refractivity contribution >= 4 is 0 Å². The van der Waals surface area contributed by atoms with Gasteiger partial charge in [-0.2, -0.15) is 14.8 Å². The van der Waals surface area contributed by atoms with Crippen LogP contribution in [0.5, 0.6) is 0 Å². The molecule has 3 heterocycles. The zero-order valence-electron chi connectivity index (χ0n) is 13.4. The average Bonchev–Trinajstić information content (AvgIpc) is 3.31. The molecule has 0 bridgehead atoms. The summed E-state index contributed by atoms with van der Waals surface area (Å²) in [6.07, 6.45) is 4.54. The van der Waals surface area contributed by atoms with Crippen LogP contribution < -0.4 is 0 Å². The highest BCUT2D eigenvalue weighted by molar-refractivity contribution is 5.52. The Morgan fingerprint density at radius 1 is 1.04 bits per heavy atom. The molecule has 4 rings (SSSR count). The zero-order chi connectivity index (χ0) is 18.1. The molecule has 0 radical (unpaired) electrons. The molecule has 26 heavy (non-hydrogen) atoms. The Hall–Kier alpha value is -3.56. The maximum atomic E-state index is 13.4. The molecule has 0 aliphatic rings. The van der Waals surface area contributed by atoms with Gasteiger partial charge in [-0.1, -0.05) is 5.16 Å². The van der Waals surface area contributed by atoms with E-state index in [-0.39, 0.29) is 17.3 Å². The first-order valence-corrected chi connectivity index (χ1v) is 7.59. The fourth-order valence-electron chi connectivity index (χ4n) is 2.42. The predicted octanol–water partition coefficient (Wildman–Crippen LogP) is 2.54. The quantitative estimate of drug-likeness (QED) is 0.555. The van der Waals surface area contributed by atoms with Crippen LogP contribution in [0.25, 0.3) is 17.4 Å². The lowest BCUT2D eigenvalue weighted by atomic mass is 10.1. The molecule has 0 N–H and O–H groups in total. The molecule has 10 heteroatoms. The second kappa shape index (κ2) is 6.39. The van der Waals surface area contributed by atoms with Gasteiger partial charge in [-0.05, 0) is 25.1 Å². The fraction of sp³-hybridized carbons (Fsp3) is 0.125. The van der Waals surface area contributed by atoms with Gasteiger partial charge in [0.25, 0.3) is 11.8 Å². The maximum absolute atomic E-state index is 13.4. The van der Waals surface area contributed by atoms with Gasteiger partial charge in [-0.15, -0.1) is 0 Å². The van der Waals surface area contributed by atoms with Gasteiger partial charge in [0.1, 0.15) is 23.8 Å². The molecule has 8 nitrogen and oxygen atoms in total. The Morgan fingerprint density at radius 3 is 2.50 bits per heavy atom. The second-order valence-corrected chi connectivity index (χ2v) is 5.42. The monoisotopic (exact) mass is 355 g/mol. The molecule has 0 fully saturated rings. The van der Waals surface area contributed by atoms with Crippen LogP contribution in [0, 0.1) is 11.6 Å². The third-order valence-electron chi connectivity index (χ3n) is 3.64. The van der Waals surface area contributed by atoms with E-state index in [2.05, 4.69) is 30.2 Å². The highest BCUT2D eigenvalue weighted by Crippen LogP contribution is 2.25. The van der Waals surface area contributed by atoms with Gasteiger partial charge >= 0.3 is 0 Å². The van der Waals surface area contributed by atoms with E-state index in [0.29, 0.717) is 11.8 Å². The molecule has 0 aliphatic carbocycles. The third-order valence-corrected chi connectivity index (χ3v) is 3.64. The fourth-order valence-corrected chi connectivity index (χ4v) is 2.42. The van der Waals surface area contributed by atoms with Crippen molar-refractivity contribution < 1.29 is 13.3 Å². The van der Waals surface area contributed by atoms with Crippen LogP contribution in [0.2, 0.25) is 0 Å². The molecular formula is C16H11F2N7O. The van der Waals surface area contributed by atoms with E-state index in [1.54, 1.807) is 25.4 Å². The predicted molar refractivity (Wildman–Crippen MR) is 84.1 cm³/mol. The van der Waals surface area contributed by atoms with Crippen molar-refractivity contribution in [3.63, 3.8) is 0 Å². The molecule has 4 aromatic rings. The van der Waals surface area contributed by atoms with Gasteiger partial charge in [0.2, 0.25) is 0 Å². The number of hydrogen-bond donors (Lipinski definition) is 0. The van der Waals surface area contributed by atoms with Crippen LogP contribution in [-0.2, 0) is 0 Å². The average molecular weight is 355 g/mol. The van der Waals surface area contributed by atoms with Gasteiger partial charge in [-0.25, -0.2) is 23.7 Å². The van der Waals surface area contributed by atoms with Crippen molar-refractivity contribution in [3.8, 4) is 17.4 Å². The Balaban J connectivity index is 1.68. The number of aromatic nitrogens is 7. The summed E-state index contributed by atoms with van der Waals surface area (Å²) in [6, 6.07) is 4.69. The van der Waals surface area contributed by atoms with Crippen LogP contribution in [-0.4, -0.2) is 34.9 Å². The molecule has 0 saturated carbocycles. The number of hydrogen-bond acceptors (Lipinski definition) is 7. The minimum absolute atomic E-state index is 0.00674. The van der Waals surface area contributed by atoms with E-state index >= 15 is 0 Å². The Labute approximate surface area is 145 Å². The summed E-state index contributed by atoms with van der Waals surface area (Å²) in [5.41, 5.74) is 0.154. The molecule has 3 aromatic heterocycles. The molecule has 0 spiro atoms. The smallest absolute Gasteiger partial charge is 0.258 e. The van der Waals surface area contributed by atoms with Crippen molar-refractivity contribution in [1.82, 2.24) is 34.9 Å². The van der Waals surface area contributed by atoms with Crippen LogP contribution >= 0.6 is 0 Å². The normalized spacial score (nSPS) is 12.3. The first kappa shape index (κ1) is 15.9. The molecule has 0 aliphatic heterocycles. The summed E-state index contributed by atoms with van der Waals surface area (Å²) in [4.78, 5) is 16.7. The summed E-state index contributed by atoms with van der Waals surface area (Å²) >= 11 is 0. The van der Waals surface area contributed by atoms with Crippen LogP contribution in [0.1, 0.15) is 24.5 Å². The van der Waals surface area contributed by atoms with E-state index < -0.39 is 17.6 Å². The highest BCUT2D eigenvalue weighted by atomic mass is 19.1. The van der Waals surface area contributed by atoms with Crippen molar-refractivity contribution in [2.75, 3.05) is 0 Å². The Bertz CT molecular complexity index is 1030. The molecule has 1 aromatic carbocycles. The molecule has 1 atom stereocenters. The first-order valence-electron chi connectivity index (χ1n) is 7.59. The van der Waals surface area contributed by atoms with Gasteiger partial charge in [0.15, 0.2) is 5.82 Å². The van der Waals surface area contributed by atoms with Crippen LogP contribution in [0.4, 0.5) is 8.78 Å². The number of halogens is 2. The summed E-state index contributed by atoms with van der Waals surface area (Å²) in [5.74, 6) is -0.737. The molecule has 0 saturated heterocycles. The molecule has 0 amide bonds. The molecule has 130 valence electrons.